The number of rotatable bonds is 2. The first-order chi connectivity index (χ1) is 7.32. The number of hydrogen-bond acceptors (Lipinski definition) is 3. The van der Waals surface area contributed by atoms with E-state index in [1.165, 1.54) is 0 Å². The van der Waals surface area contributed by atoms with Crippen molar-refractivity contribution in [1.29, 1.82) is 0 Å². The zero-order valence-corrected chi connectivity index (χ0v) is 8.85. The average molecular weight is 260 g/mol. The lowest BCUT2D eigenvalue weighted by Crippen LogP contribution is -2.45. The number of hydrogen-bond donors (Lipinski definition) is 0. The first kappa shape index (κ1) is 13.1. The molecule has 0 saturated carbocycles. The van der Waals surface area contributed by atoms with Gasteiger partial charge in [0, 0.05) is 18.1 Å². The van der Waals surface area contributed by atoms with Crippen LogP contribution in [0.4, 0.5) is 18.0 Å². The third kappa shape index (κ3) is 3.26. The van der Waals surface area contributed by atoms with Crippen LogP contribution in [0.15, 0.2) is 0 Å². The van der Waals surface area contributed by atoms with Gasteiger partial charge in [-0.15, -0.1) is 0 Å². The Morgan fingerprint density at radius 1 is 1.44 bits per heavy atom. The first-order valence-corrected chi connectivity index (χ1v) is 4.90. The molecule has 16 heavy (non-hydrogen) atoms. The number of halogens is 4. The van der Waals surface area contributed by atoms with E-state index in [-0.39, 0.29) is 13.2 Å². The molecule has 1 rings (SSSR count). The summed E-state index contributed by atoms with van der Waals surface area (Å²) in [7, 11) is 0. The van der Waals surface area contributed by atoms with Crippen LogP contribution in [0.1, 0.15) is 12.8 Å². The largest absolute Gasteiger partial charge is 0.471 e. The van der Waals surface area contributed by atoms with Gasteiger partial charge in [0.05, 0.1) is 6.04 Å². The van der Waals surface area contributed by atoms with Crippen LogP contribution in [0.25, 0.3) is 0 Å². The monoisotopic (exact) mass is 259 g/mol. The summed E-state index contributed by atoms with van der Waals surface area (Å²) in [5, 5.41) is 0. The van der Waals surface area contributed by atoms with Crippen molar-refractivity contribution in [1.82, 2.24) is 4.90 Å². The number of ether oxygens (including phenoxy) is 1. The smallest absolute Gasteiger partial charge is 0.451 e. The van der Waals surface area contributed by atoms with Crippen molar-refractivity contribution in [2.75, 3.05) is 13.2 Å². The fourth-order valence-electron chi connectivity index (χ4n) is 1.60. The van der Waals surface area contributed by atoms with Crippen LogP contribution < -0.4 is 0 Å². The third-order valence-corrected chi connectivity index (χ3v) is 2.38. The Balaban J connectivity index is 2.59. The Labute approximate surface area is 94.3 Å². The van der Waals surface area contributed by atoms with Crippen molar-refractivity contribution in [3.63, 3.8) is 0 Å². The summed E-state index contributed by atoms with van der Waals surface area (Å²) in [4.78, 5) is 21.9. The highest BCUT2D eigenvalue weighted by Gasteiger charge is 2.46. The summed E-state index contributed by atoms with van der Waals surface area (Å²) >= 11 is 4.89. The number of carbonyl (C=O) groups excluding carboxylic acids is 2. The summed E-state index contributed by atoms with van der Waals surface area (Å²) in [5.74, 6) is -1.90. The molecule has 0 bridgehead atoms. The second kappa shape index (κ2) is 4.90. The molecule has 1 aliphatic heterocycles. The molecule has 1 unspecified atom stereocenters. The predicted octanol–water partition coefficient (Wildman–Crippen LogP) is 1.92. The number of alkyl halides is 3. The highest BCUT2D eigenvalue weighted by atomic mass is 35.5. The fraction of sp³-hybridized carbons (Fsp3) is 0.750. The van der Waals surface area contributed by atoms with E-state index in [4.69, 9.17) is 11.6 Å². The van der Waals surface area contributed by atoms with Crippen LogP contribution in [0.5, 0.6) is 0 Å². The van der Waals surface area contributed by atoms with E-state index in [9.17, 15) is 22.8 Å². The molecular weight excluding hydrogens is 251 g/mol. The van der Waals surface area contributed by atoms with Crippen LogP contribution in [0, 0.1) is 0 Å². The molecular formula is C8H9ClF3NO3. The van der Waals surface area contributed by atoms with Crippen molar-refractivity contribution >= 4 is 22.9 Å². The molecule has 1 aliphatic rings. The quantitative estimate of drug-likeness (QED) is 0.712. The molecule has 92 valence electrons. The van der Waals surface area contributed by atoms with Crippen LogP contribution in [0.2, 0.25) is 0 Å². The molecule has 8 heteroatoms. The van der Waals surface area contributed by atoms with Gasteiger partial charge < -0.3 is 9.64 Å². The number of likely N-dealkylation sites (tertiary alicyclic amines) is 1. The van der Waals surface area contributed by atoms with Crippen LogP contribution in [-0.4, -0.2) is 41.6 Å². The summed E-state index contributed by atoms with van der Waals surface area (Å²) in [6, 6.07) is -0.739. The molecule has 0 spiro atoms. The van der Waals surface area contributed by atoms with Gasteiger partial charge >= 0.3 is 17.5 Å². The Hall–Kier alpha value is -0.980. The Bertz CT molecular complexity index is 295. The fourth-order valence-corrected chi connectivity index (χ4v) is 1.66. The lowest BCUT2D eigenvalue weighted by atomic mass is 10.2. The lowest BCUT2D eigenvalue weighted by molar-refractivity contribution is -0.186. The first-order valence-electron chi connectivity index (χ1n) is 4.52. The van der Waals surface area contributed by atoms with Gasteiger partial charge in [-0.25, -0.2) is 4.79 Å². The maximum Gasteiger partial charge on any atom is 0.471 e. The van der Waals surface area contributed by atoms with E-state index in [2.05, 4.69) is 4.74 Å². The number of nitrogens with zero attached hydrogens (tertiary/aromatic N) is 1. The van der Waals surface area contributed by atoms with Gasteiger partial charge in [-0.05, 0) is 12.8 Å². The number of amides is 1. The van der Waals surface area contributed by atoms with E-state index in [1.54, 1.807) is 0 Å². The molecule has 0 aromatic heterocycles. The summed E-state index contributed by atoms with van der Waals surface area (Å²) in [6.07, 6.45) is -4.08. The molecule has 0 aliphatic carbocycles. The predicted molar refractivity (Wildman–Crippen MR) is 48.0 cm³/mol. The summed E-state index contributed by atoms with van der Waals surface area (Å²) < 4.78 is 40.8. The molecule has 1 amide bonds. The maximum absolute atomic E-state index is 12.1. The normalized spacial score (nSPS) is 21.0. The van der Waals surface area contributed by atoms with E-state index in [0.717, 1.165) is 0 Å². The zero-order valence-electron chi connectivity index (χ0n) is 8.09. The SMILES string of the molecule is O=C(Cl)OCC1CCCN1C(=O)C(F)(F)F. The molecule has 1 heterocycles. The summed E-state index contributed by atoms with van der Waals surface area (Å²) in [6.45, 7) is -0.285. The van der Waals surface area contributed by atoms with Crippen molar-refractivity contribution in [2.45, 2.75) is 25.1 Å². The Morgan fingerprint density at radius 2 is 2.06 bits per heavy atom. The van der Waals surface area contributed by atoms with Crippen molar-refractivity contribution in [3.8, 4) is 0 Å². The molecule has 0 N–H and O–H groups in total. The molecule has 0 aromatic rings. The minimum absolute atomic E-state index is 0.0167. The Kier molecular flexibility index (Phi) is 4.01. The van der Waals surface area contributed by atoms with Crippen LogP contribution in [0.3, 0.4) is 0 Å². The summed E-state index contributed by atoms with van der Waals surface area (Å²) in [5.41, 5.74) is -1.09. The molecule has 4 nitrogen and oxygen atoms in total. The minimum Gasteiger partial charge on any atom is -0.451 e. The van der Waals surface area contributed by atoms with Gasteiger partial charge in [0.15, 0.2) is 0 Å². The van der Waals surface area contributed by atoms with E-state index >= 15 is 0 Å². The number of carbonyl (C=O) groups is 2. The van der Waals surface area contributed by atoms with Crippen molar-refractivity contribution < 1.29 is 27.5 Å². The van der Waals surface area contributed by atoms with E-state index < -0.39 is 23.6 Å². The molecule has 0 aromatic carbocycles. The topological polar surface area (TPSA) is 46.6 Å². The lowest BCUT2D eigenvalue weighted by Gasteiger charge is -2.24. The van der Waals surface area contributed by atoms with Gasteiger partial charge in [0.1, 0.15) is 6.61 Å². The van der Waals surface area contributed by atoms with Gasteiger partial charge in [-0.1, -0.05) is 0 Å². The van der Waals surface area contributed by atoms with Gasteiger partial charge in [-0.3, -0.25) is 4.79 Å². The minimum atomic E-state index is -4.90. The van der Waals surface area contributed by atoms with Crippen molar-refractivity contribution in [3.05, 3.63) is 0 Å². The third-order valence-electron chi connectivity index (χ3n) is 2.27. The van der Waals surface area contributed by atoms with Crippen molar-refractivity contribution in [2.24, 2.45) is 0 Å². The van der Waals surface area contributed by atoms with Gasteiger partial charge in [0.2, 0.25) is 0 Å². The maximum atomic E-state index is 12.1. The zero-order chi connectivity index (χ0) is 12.3. The molecule has 0 radical (unpaired) electrons. The molecule has 1 saturated heterocycles. The van der Waals surface area contributed by atoms with Gasteiger partial charge in [-0.2, -0.15) is 13.2 Å². The van der Waals surface area contributed by atoms with E-state index in [0.29, 0.717) is 17.7 Å². The van der Waals surface area contributed by atoms with Gasteiger partial charge in [0.25, 0.3) is 0 Å². The highest BCUT2D eigenvalue weighted by Crippen LogP contribution is 2.25. The Morgan fingerprint density at radius 3 is 2.56 bits per heavy atom. The second-order valence-corrected chi connectivity index (χ2v) is 3.65. The highest BCUT2D eigenvalue weighted by molar-refractivity contribution is 6.61. The van der Waals surface area contributed by atoms with E-state index in [1.807, 2.05) is 0 Å². The molecule has 1 fully saturated rings. The van der Waals surface area contributed by atoms with Crippen LogP contribution >= 0.6 is 11.6 Å². The standard InChI is InChI=1S/C8H9ClF3NO3/c9-7(15)16-4-5-2-1-3-13(5)6(14)8(10,11)12/h5H,1-4H2. The second-order valence-electron chi connectivity index (χ2n) is 3.34. The average Bonchev–Trinajstić information content (AvgIpc) is 2.59. The molecule has 1 atom stereocenters. The van der Waals surface area contributed by atoms with Crippen LogP contribution in [-0.2, 0) is 9.53 Å².